The lowest BCUT2D eigenvalue weighted by molar-refractivity contribution is 0.103. The average Bonchev–Trinajstić information content (AvgIpc) is 2.30. The normalized spacial score (nSPS) is 23.0. The highest BCUT2D eigenvalue weighted by Crippen LogP contribution is 2.24. The van der Waals surface area contributed by atoms with E-state index >= 15 is 0 Å². The lowest BCUT2D eigenvalue weighted by atomic mass is 9.92. The maximum Gasteiger partial charge on any atom is 0.0221 e. The standard InChI is InChI=1S/C13H28N2/c1-4-13(14)11(3)15(5-2)12-9-7-6-8-10-12/h11-13H,4-10,14H2,1-3H3. The first-order chi connectivity index (χ1) is 7.20. The summed E-state index contributed by atoms with van der Waals surface area (Å²) in [5, 5.41) is 0. The third-order valence-corrected chi connectivity index (χ3v) is 4.02. The Morgan fingerprint density at radius 2 is 1.80 bits per heavy atom. The highest BCUT2D eigenvalue weighted by Gasteiger charge is 2.26. The molecule has 0 spiro atoms. The van der Waals surface area contributed by atoms with Gasteiger partial charge in [0.2, 0.25) is 0 Å². The Labute approximate surface area is 95.2 Å². The molecule has 1 fully saturated rings. The second-order valence-corrected chi connectivity index (χ2v) is 4.93. The molecule has 0 heterocycles. The highest BCUT2D eigenvalue weighted by atomic mass is 15.2. The predicted octanol–water partition coefficient (Wildman–Crippen LogP) is 2.77. The Hall–Kier alpha value is -0.0800. The molecule has 1 aliphatic carbocycles. The van der Waals surface area contributed by atoms with Crippen LogP contribution in [0.5, 0.6) is 0 Å². The van der Waals surface area contributed by atoms with Crippen LogP contribution in [0.4, 0.5) is 0 Å². The van der Waals surface area contributed by atoms with Crippen LogP contribution in [-0.4, -0.2) is 29.6 Å². The van der Waals surface area contributed by atoms with Crippen LogP contribution in [0.1, 0.15) is 59.3 Å². The van der Waals surface area contributed by atoms with Crippen LogP contribution in [0.15, 0.2) is 0 Å². The highest BCUT2D eigenvalue weighted by molar-refractivity contribution is 4.83. The second-order valence-electron chi connectivity index (χ2n) is 4.93. The minimum atomic E-state index is 0.340. The van der Waals surface area contributed by atoms with E-state index in [9.17, 15) is 0 Å². The smallest absolute Gasteiger partial charge is 0.0221 e. The number of hydrogen-bond donors (Lipinski definition) is 1. The molecular formula is C13H28N2. The van der Waals surface area contributed by atoms with Gasteiger partial charge in [-0.25, -0.2) is 0 Å². The summed E-state index contributed by atoms with van der Waals surface area (Å²) in [4.78, 5) is 2.63. The average molecular weight is 212 g/mol. The van der Waals surface area contributed by atoms with E-state index in [2.05, 4.69) is 25.7 Å². The zero-order chi connectivity index (χ0) is 11.3. The first kappa shape index (κ1) is 13.0. The maximum absolute atomic E-state index is 6.16. The van der Waals surface area contributed by atoms with E-state index in [1.54, 1.807) is 0 Å². The summed E-state index contributed by atoms with van der Waals surface area (Å²) in [6.45, 7) is 7.91. The summed E-state index contributed by atoms with van der Waals surface area (Å²) in [7, 11) is 0. The Morgan fingerprint density at radius 3 is 2.27 bits per heavy atom. The molecule has 0 amide bonds. The Kier molecular flexibility index (Phi) is 5.62. The van der Waals surface area contributed by atoms with E-state index in [-0.39, 0.29) is 0 Å². The number of nitrogens with zero attached hydrogens (tertiary/aromatic N) is 1. The molecule has 15 heavy (non-hydrogen) atoms. The van der Waals surface area contributed by atoms with Crippen LogP contribution in [0.25, 0.3) is 0 Å². The topological polar surface area (TPSA) is 29.3 Å². The third-order valence-electron chi connectivity index (χ3n) is 4.02. The van der Waals surface area contributed by atoms with Gasteiger partial charge in [0.1, 0.15) is 0 Å². The van der Waals surface area contributed by atoms with Crippen LogP contribution in [-0.2, 0) is 0 Å². The summed E-state index contributed by atoms with van der Waals surface area (Å²) >= 11 is 0. The molecule has 0 aliphatic heterocycles. The van der Waals surface area contributed by atoms with E-state index < -0.39 is 0 Å². The van der Waals surface area contributed by atoms with Crippen LogP contribution in [0.2, 0.25) is 0 Å². The number of hydrogen-bond acceptors (Lipinski definition) is 2. The quantitative estimate of drug-likeness (QED) is 0.759. The van der Waals surface area contributed by atoms with Crippen molar-refractivity contribution < 1.29 is 0 Å². The monoisotopic (exact) mass is 212 g/mol. The summed E-state index contributed by atoms with van der Waals surface area (Å²) in [5.41, 5.74) is 6.16. The van der Waals surface area contributed by atoms with Gasteiger partial charge in [-0.3, -0.25) is 4.90 Å². The molecule has 0 aromatic heterocycles. The molecule has 0 bridgehead atoms. The van der Waals surface area contributed by atoms with Gasteiger partial charge in [-0.1, -0.05) is 33.1 Å². The van der Waals surface area contributed by atoms with Gasteiger partial charge in [-0.15, -0.1) is 0 Å². The van der Waals surface area contributed by atoms with Crippen LogP contribution >= 0.6 is 0 Å². The first-order valence-corrected chi connectivity index (χ1v) is 6.72. The van der Waals surface area contributed by atoms with E-state index in [0.717, 1.165) is 19.0 Å². The fourth-order valence-electron chi connectivity index (χ4n) is 2.88. The van der Waals surface area contributed by atoms with Gasteiger partial charge < -0.3 is 5.73 Å². The minimum Gasteiger partial charge on any atom is -0.326 e. The summed E-state index contributed by atoms with van der Waals surface area (Å²) < 4.78 is 0. The lowest BCUT2D eigenvalue weighted by Crippen LogP contribution is -2.50. The molecule has 2 N–H and O–H groups in total. The van der Waals surface area contributed by atoms with Gasteiger partial charge in [0.05, 0.1) is 0 Å². The maximum atomic E-state index is 6.16. The van der Waals surface area contributed by atoms with E-state index in [1.807, 2.05) is 0 Å². The Morgan fingerprint density at radius 1 is 1.20 bits per heavy atom. The molecule has 0 aromatic carbocycles. The molecule has 0 saturated heterocycles. The van der Waals surface area contributed by atoms with Gasteiger partial charge in [-0.2, -0.15) is 0 Å². The van der Waals surface area contributed by atoms with Gasteiger partial charge >= 0.3 is 0 Å². The minimum absolute atomic E-state index is 0.340. The lowest BCUT2D eigenvalue weighted by Gasteiger charge is -2.40. The van der Waals surface area contributed by atoms with Crippen LogP contribution in [0.3, 0.4) is 0 Å². The van der Waals surface area contributed by atoms with Crippen molar-refractivity contribution in [3.8, 4) is 0 Å². The largest absolute Gasteiger partial charge is 0.326 e. The van der Waals surface area contributed by atoms with E-state index in [4.69, 9.17) is 5.73 Å². The van der Waals surface area contributed by atoms with Crippen molar-refractivity contribution in [2.45, 2.75) is 77.4 Å². The molecule has 2 atom stereocenters. The van der Waals surface area contributed by atoms with Crippen LogP contribution in [0, 0.1) is 0 Å². The zero-order valence-electron chi connectivity index (χ0n) is 10.7. The molecule has 0 radical (unpaired) electrons. The van der Waals surface area contributed by atoms with Crippen molar-refractivity contribution in [1.82, 2.24) is 4.90 Å². The van der Waals surface area contributed by atoms with Crippen LogP contribution < -0.4 is 5.73 Å². The van der Waals surface area contributed by atoms with Gasteiger partial charge in [0, 0.05) is 18.1 Å². The molecule has 90 valence electrons. The number of nitrogens with two attached hydrogens (primary N) is 1. The Balaban J connectivity index is 2.52. The predicted molar refractivity (Wildman–Crippen MR) is 67.0 cm³/mol. The first-order valence-electron chi connectivity index (χ1n) is 6.72. The second kappa shape index (κ2) is 6.49. The molecule has 1 aliphatic rings. The van der Waals surface area contributed by atoms with Gasteiger partial charge in [0.25, 0.3) is 0 Å². The zero-order valence-corrected chi connectivity index (χ0v) is 10.7. The van der Waals surface area contributed by atoms with E-state index in [1.165, 1.54) is 32.1 Å². The molecule has 2 unspecified atom stereocenters. The molecule has 1 rings (SSSR count). The van der Waals surface area contributed by atoms with E-state index in [0.29, 0.717) is 12.1 Å². The summed E-state index contributed by atoms with van der Waals surface area (Å²) in [5.74, 6) is 0. The van der Waals surface area contributed by atoms with Crippen molar-refractivity contribution in [3.63, 3.8) is 0 Å². The van der Waals surface area contributed by atoms with Crippen molar-refractivity contribution in [1.29, 1.82) is 0 Å². The number of likely N-dealkylation sites (N-methyl/N-ethyl adjacent to an activating group) is 1. The fourth-order valence-corrected chi connectivity index (χ4v) is 2.88. The fraction of sp³-hybridized carbons (Fsp3) is 1.00. The summed E-state index contributed by atoms with van der Waals surface area (Å²) in [6.07, 6.45) is 8.11. The Bertz CT molecular complexity index is 162. The molecular weight excluding hydrogens is 184 g/mol. The third kappa shape index (κ3) is 3.46. The number of rotatable bonds is 5. The molecule has 2 heteroatoms. The van der Waals surface area contributed by atoms with Crippen molar-refractivity contribution in [2.24, 2.45) is 5.73 Å². The van der Waals surface area contributed by atoms with Crippen molar-refractivity contribution in [2.75, 3.05) is 6.54 Å². The van der Waals surface area contributed by atoms with Gasteiger partial charge in [0.15, 0.2) is 0 Å². The summed E-state index contributed by atoms with van der Waals surface area (Å²) in [6, 6.07) is 1.69. The van der Waals surface area contributed by atoms with Gasteiger partial charge in [-0.05, 0) is 32.7 Å². The molecule has 1 saturated carbocycles. The molecule has 2 nitrogen and oxygen atoms in total. The SMILES string of the molecule is CCC(N)C(C)N(CC)C1CCCCC1. The van der Waals surface area contributed by atoms with Crippen molar-refractivity contribution >= 4 is 0 Å². The molecule has 0 aromatic rings. The van der Waals surface area contributed by atoms with Crippen molar-refractivity contribution in [3.05, 3.63) is 0 Å².